The minimum atomic E-state index is -1.08. The molecule has 0 amide bonds. The van der Waals surface area contributed by atoms with Crippen LogP contribution in [0.2, 0.25) is 0 Å². The van der Waals surface area contributed by atoms with Gasteiger partial charge >= 0.3 is 5.97 Å². The molecule has 0 N–H and O–H groups in total. The van der Waals surface area contributed by atoms with Crippen molar-refractivity contribution in [2.45, 2.75) is 26.7 Å². The molecule has 0 radical (unpaired) electrons. The second kappa shape index (κ2) is 9.27. The smallest absolute Gasteiger partial charge is 0.357 e. The zero-order chi connectivity index (χ0) is 19.1. The molecule has 0 saturated heterocycles. The van der Waals surface area contributed by atoms with Crippen LogP contribution in [0.15, 0.2) is 42.5 Å². The Morgan fingerprint density at radius 1 is 0.962 bits per heavy atom. The number of carbonyl (C=O) groups is 2. The molecular weight excluding hydrogens is 332 g/mol. The van der Waals surface area contributed by atoms with Gasteiger partial charge in [-0.15, -0.1) is 0 Å². The van der Waals surface area contributed by atoms with E-state index in [1.54, 1.807) is 24.3 Å². The van der Waals surface area contributed by atoms with Gasteiger partial charge in [-0.3, -0.25) is 9.68 Å². The normalized spacial score (nSPS) is 11.8. The third kappa shape index (κ3) is 4.77. The zero-order valence-electron chi connectivity index (χ0n) is 15.6. The van der Waals surface area contributed by atoms with Gasteiger partial charge in [-0.05, 0) is 37.5 Å². The van der Waals surface area contributed by atoms with Crippen molar-refractivity contribution in [1.29, 1.82) is 0 Å². The summed E-state index contributed by atoms with van der Waals surface area (Å²) >= 11 is 0. The van der Waals surface area contributed by atoms with Gasteiger partial charge in [0, 0.05) is 12.7 Å². The fraction of sp³-hybridized carbons (Fsp3) is 0.333. The van der Waals surface area contributed by atoms with Gasteiger partial charge in [-0.25, -0.2) is 4.79 Å². The number of rotatable bonds is 8. The fourth-order valence-corrected chi connectivity index (χ4v) is 3.02. The number of hydrogen-bond donors (Lipinski definition) is 0. The predicted molar refractivity (Wildman–Crippen MR) is 98.1 cm³/mol. The van der Waals surface area contributed by atoms with Gasteiger partial charge in [0.1, 0.15) is 12.5 Å². The van der Waals surface area contributed by atoms with E-state index in [2.05, 4.69) is 0 Å². The van der Waals surface area contributed by atoms with Crippen molar-refractivity contribution in [2.24, 2.45) is 0 Å². The van der Waals surface area contributed by atoms with Crippen LogP contribution in [0.25, 0.3) is 0 Å². The minimum absolute atomic E-state index is 0.0977. The molecule has 0 aliphatic rings. The molecule has 1 unspecified atom stereocenters. The van der Waals surface area contributed by atoms with Crippen molar-refractivity contribution in [3.8, 4) is 0 Å². The van der Waals surface area contributed by atoms with Crippen molar-refractivity contribution in [1.82, 2.24) is 0 Å². The summed E-state index contributed by atoms with van der Waals surface area (Å²) in [4.78, 5) is 35.6. The van der Waals surface area contributed by atoms with Crippen molar-refractivity contribution in [2.75, 3.05) is 20.3 Å². The lowest BCUT2D eigenvalue weighted by Gasteiger charge is -2.17. The SMILES string of the molecule is COCCOOC(=O)C(C(=O)c1c(C)cc(C)cc1C)c1ccccc1. The first-order valence-corrected chi connectivity index (χ1v) is 8.45. The van der Waals surface area contributed by atoms with Crippen LogP contribution in [-0.4, -0.2) is 32.1 Å². The zero-order valence-corrected chi connectivity index (χ0v) is 15.6. The van der Waals surface area contributed by atoms with E-state index in [0.29, 0.717) is 11.1 Å². The molecule has 26 heavy (non-hydrogen) atoms. The molecule has 0 saturated carbocycles. The number of Topliss-reactive ketones (excluding diaryl/α,β-unsaturated/α-hetero) is 1. The van der Waals surface area contributed by atoms with E-state index in [1.807, 2.05) is 39.0 Å². The molecule has 0 aliphatic heterocycles. The quantitative estimate of drug-likeness (QED) is 0.237. The topological polar surface area (TPSA) is 61.8 Å². The van der Waals surface area contributed by atoms with Gasteiger partial charge in [0.05, 0.1) is 6.61 Å². The van der Waals surface area contributed by atoms with Crippen LogP contribution >= 0.6 is 0 Å². The standard InChI is InChI=1S/C21H24O5/c1-14-12-15(2)18(16(3)13-14)20(22)19(17-8-6-5-7-9-17)21(23)26-25-11-10-24-4/h5-9,12-13,19H,10-11H2,1-4H3. The molecule has 0 heterocycles. The lowest BCUT2D eigenvalue weighted by molar-refractivity contribution is -0.276. The van der Waals surface area contributed by atoms with Gasteiger partial charge < -0.3 is 4.74 Å². The fourth-order valence-electron chi connectivity index (χ4n) is 3.02. The first-order valence-electron chi connectivity index (χ1n) is 8.45. The van der Waals surface area contributed by atoms with Crippen molar-refractivity contribution < 1.29 is 24.1 Å². The lowest BCUT2D eigenvalue weighted by atomic mass is 9.86. The van der Waals surface area contributed by atoms with E-state index in [-0.39, 0.29) is 19.0 Å². The third-order valence-electron chi connectivity index (χ3n) is 4.07. The van der Waals surface area contributed by atoms with Crippen LogP contribution < -0.4 is 0 Å². The van der Waals surface area contributed by atoms with Crippen LogP contribution in [0, 0.1) is 20.8 Å². The summed E-state index contributed by atoms with van der Waals surface area (Å²) < 4.78 is 4.84. The van der Waals surface area contributed by atoms with E-state index < -0.39 is 11.9 Å². The lowest BCUT2D eigenvalue weighted by Crippen LogP contribution is -2.26. The Kier molecular flexibility index (Phi) is 7.06. The summed E-state index contributed by atoms with van der Waals surface area (Å²) in [5.41, 5.74) is 3.84. The average Bonchev–Trinajstić information content (AvgIpc) is 2.59. The van der Waals surface area contributed by atoms with Crippen LogP contribution in [-0.2, 0) is 19.3 Å². The molecule has 0 spiro atoms. The minimum Gasteiger partial charge on any atom is -0.382 e. The highest BCUT2D eigenvalue weighted by atomic mass is 17.2. The Balaban J connectivity index is 2.35. The van der Waals surface area contributed by atoms with Crippen LogP contribution in [0.1, 0.15) is 38.5 Å². The monoisotopic (exact) mass is 356 g/mol. The number of ether oxygens (including phenoxy) is 1. The van der Waals surface area contributed by atoms with E-state index >= 15 is 0 Å². The molecule has 0 fully saturated rings. The van der Waals surface area contributed by atoms with Crippen molar-refractivity contribution in [3.05, 3.63) is 70.3 Å². The Morgan fingerprint density at radius 2 is 1.58 bits per heavy atom. The number of ketones is 1. The largest absolute Gasteiger partial charge is 0.382 e. The molecule has 0 aliphatic carbocycles. The van der Waals surface area contributed by atoms with E-state index in [4.69, 9.17) is 14.5 Å². The highest BCUT2D eigenvalue weighted by Crippen LogP contribution is 2.27. The second-order valence-corrected chi connectivity index (χ2v) is 6.20. The number of benzene rings is 2. The summed E-state index contributed by atoms with van der Waals surface area (Å²) in [5.74, 6) is -2.12. The molecule has 5 nitrogen and oxygen atoms in total. The van der Waals surface area contributed by atoms with Gasteiger partial charge in [0.25, 0.3) is 0 Å². The van der Waals surface area contributed by atoms with E-state index in [1.165, 1.54) is 7.11 Å². The summed E-state index contributed by atoms with van der Waals surface area (Å²) in [5, 5.41) is 0. The molecule has 138 valence electrons. The second-order valence-electron chi connectivity index (χ2n) is 6.20. The molecule has 2 aromatic carbocycles. The van der Waals surface area contributed by atoms with Crippen LogP contribution in [0.5, 0.6) is 0 Å². The molecule has 2 rings (SSSR count). The Labute approximate surface area is 153 Å². The Hall–Kier alpha value is -2.50. The summed E-state index contributed by atoms with van der Waals surface area (Å²) in [6, 6.07) is 12.7. The highest BCUT2D eigenvalue weighted by Gasteiger charge is 2.33. The molecule has 0 aromatic heterocycles. The number of methoxy groups -OCH3 is 1. The molecule has 0 bridgehead atoms. The Bertz CT molecular complexity index is 744. The average molecular weight is 356 g/mol. The van der Waals surface area contributed by atoms with Crippen LogP contribution in [0.3, 0.4) is 0 Å². The summed E-state index contributed by atoms with van der Waals surface area (Å²) in [6.45, 7) is 6.10. The molecule has 2 aromatic rings. The van der Waals surface area contributed by atoms with Gasteiger partial charge in [-0.2, -0.15) is 4.89 Å². The third-order valence-corrected chi connectivity index (χ3v) is 4.07. The highest BCUT2D eigenvalue weighted by molar-refractivity contribution is 6.14. The van der Waals surface area contributed by atoms with Crippen LogP contribution in [0.4, 0.5) is 0 Å². The molecule has 5 heteroatoms. The predicted octanol–water partition coefficient (Wildman–Crippen LogP) is 3.70. The van der Waals surface area contributed by atoms with E-state index in [9.17, 15) is 9.59 Å². The van der Waals surface area contributed by atoms with Crippen molar-refractivity contribution >= 4 is 11.8 Å². The number of aryl methyl sites for hydroxylation is 3. The number of carbonyl (C=O) groups excluding carboxylic acids is 2. The number of hydrogen-bond acceptors (Lipinski definition) is 5. The molecular formula is C21H24O5. The first kappa shape index (κ1) is 19.8. The first-order chi connectivity index (χ1) is 12.5. The maximum absolute atomic E-state index is 13.2. The van der Waals surface area contributed by atoms with Gasteiger partial charge in [0.15, 0.2) is 5.78 Å². The summed E-state index contributed by atoms with van der Waals surface area (Å²) in [6.07, 6.45) is 0. The Morgan fingerprint density at radius 3 is 2.15 bits per heavy atom. The van der Waals surface area contributed by atoms with Gasteiger partial charge in [-0.1, -0.05) is 48.0 Å². The molecule has 1 atom stereocenters. The van der Waals surface area contributed by atoms with E-state index in [0.717, 1.165) is 16.7 Å². The maximum Gasteiger partial charge on any atom is 0.357 e. The van der Waals surface area contributed by atoms with Crippen molar-refractivity contribution in [3.63, 3.8) is 0 Å². The summed E-state index contributed by atoms with van der Waals surface area (Å²) in [7, 11) is 1.52. The van der Waals surface area contributed by atoms with Gasteiger partial charge in [0.2, 0.25) is 0 Å². The maximum atomic E-state index is 13.2.